The molecule has 1 fully saturated rings. The van der Waals surface area contributed by atoms with Gasteiger partial charge in [0.05, 0.1) is 18.2 Å². The van der Waals surface area contributed by atoms with Crippen molar-refractivity contribution in [3.8, 4) is 0 Å². The maximum absolute atomic E-state index is 14.0. The van der Waals surface area contributed by atoms with Crippen molar-refractivity contribution in [3.63, 3.8) is 0 Å². The van der Waals surface area contributed by atoms with Crippen LogP contribution in [0.1, 0.15) is 22.3 Å². The standard InChI is InChI=1S/C17H13Cl2F3N4O2S/c18-11-1-10(2-12(19)3-11)16(17(20,21)22)4-14(25-28-16)26-6-9(5-23-26)15(27)24-13-7-29-8-13/h1-3,5-6,13H,4,7-8H2,(H,24,27). The number of halogens is 5. The molecule has 1 amide bonds. The number of carbonyl (C=O) groups is 1. The predicted octanol–water partition coefficient (Wildman–Crippen LogP) is 4.07. The first-order valence-corrected chi connectivity index (χ1v) is 10.3. The normalized spacial score (nSPS) is 22.0. The second kappa shape index (κ2) is 7.41. The Morgan fingerprint density at radius 3 is 2.55 bits per heavy atom. The number of nitrogens with one attached hydrogen (secondary N) is 1. The Balaban J connectivity index is 1.59. The molecule has 2 aliphatic rings. The fourth-order valence-electron chi connectivity index (χ4n) is 2.97. The number of oxime groups is 1. The molecule has 1 aromatic carbocycles. The van der Waals surface area contributed by atoms with Crippen LogP contribution in [0.5, 0.6) is 0 Å². The van der Waals surface area contributed by atoms with Gasteiger partial charge in [-0.25, -0.2) is 4.68 Å². The largest absolute Gasteiger partial charge is 0.435 e. The van der Waals surface area contributed by atoms with Gasteiger partial charge in [0.15, 0.2) is 5.84 Å². The molecule has 3 heterocycles. The summed E-state index contributed by atoms with van der Waals surface area (Å²) in [4.78, 5) is 17.1. The minimum Gasteiger partial charge on any atom is -0.372 e. The first-order chi connectivity index (χ1) is 13.7. The monoisotopic (exact) mass is 464 g/mol. The quantitative estimate of drug-likeness (QED) is 0.742. The molecule has 1 saturated heterocycles. The Morgan fingerprint density at radius 1 is 1.28 bits per heavy atom. The molecule has 1 aromatic heterocycles. The summed E-state index contributed by atoms with van der Waals surface area (Å²) < 4.78 is 43.1. The number of alkyl halides is 3. The van der Waals surface area contributed by atoms with Gasteiger partial charge >= 0.3 is 6.18 Å². The molecule has 154 valence electrons. The zero-order valence-corrected chi connectivity index (χ0v) is 16.9. The number of aromatic nitrogens is 2. The van der Waals surface area contributed by atoms with Crippen LogP contribution < -0.4 is 5.32 Å². The van der Waals surface area contributed by atoms with Crippen LogP contribution in [0.2, 0.25) is 10.0 Å². The summed E-state index contributed by atoms with van der Waals surface area (Å²) in [5, 5.41) is 10.5. The van der Waals surface area contributed by atoms with Crippen molar-refractivity contribution in [2.75, 3.05) is 11.5 Å². The first kappa shape index (κ1) is 20.4. The lowest BCUT2D eigenvalue weighted by Crippen LogP contribution is -2.43. The van der Waals surface area contributed by atoms with E-state index in [-0.39, 0.29) is 39.0 Å². The lowest BCUT2D eigenvalue weighted by Gasteiger charge is -2.29. The zero-order chi connectivity index (χ0) is 20.8. The molecule has 4 rings (SSSR count). The third kappa shape index (κ3) is 3.80. The van der Waals surface area contributed by atoms with Crippen molar-refractivity contribution in [1.29, 1.82) is 0 Å². The molecule has 12 heteroatoms. The highest BCUT2D eigenvalue weighted by molar-refractivity contribution is 8.00. The molecule has 2 aliphatic heterocycles. The Morgan fingerprint density at radius 2 is 1.97 bits per heavy atom. The zero-order valence-electron chi connectivity index (χ0n) is 14.5. The summed E-state index contributed by atoms with van der Waals surface area (Å²) in [6, 6.07) is 3.69. The van der Waals surface area contributed by atoms with Crippen LogP contribution >= 0.6 is 35.0 Å². The third-order valence-corrected chi connectivity index (χ3v) is 6.30. The Hall–Kier alpha value is -1.91. The Bertz CT molecular complexity index is 973. The van der Waals surface area contributed by atoms with Gasteiger partial charge in [-0.1, -0.05) is 28.4 Å². The first-order valence-electron chi connectivity index (χ1n) is 8.40. The average molecular weight is 465 g/mol. The van der Waals surface area contributed by atoms with Crippen LogP contribution in [-0.4, -0.2) is 45.2 Å². The number of hydrogen-bond donors (Lipinski definition) is 1. The second-order valence-electron chi connectivity index (χ2n) is 6.64. The minimum absolute atomic E-state index is 0.0420. The van der Waals surface area contributed by atoms with E-state index in [0.29, 0.717) is 0 Å². The van der Waals surface area contributed by atoms with Crippen molar-refractivity contribution in [3.05, 3.63) is 51.8 Å². The second-order valence-corrected chi connectivity index (χ2v) is 8.59. The molecule has 0 radical (unpaired) electrons. The highest BCUT2D eigenvalue weighted by Crippen LogP contribution is 2.49. The third-order valence-electron chi connectivity index (χ3n) is 4.58. The molecule has 1 unspecified atom stereocenters. The van der Waals surface area contributed by atoms with Gasteiger partial charge in [-0.15, -0.1) is 0 Å². The van der Waals surface area contributed by atoms with Gasteiger partial charge in [0.2, 0.25) is 0 Å². The number of thioether (sulfide) groups is 1. The van der Waals surface area contributed by atoms with E-state index in [0.717, 1.165) is 28.3 Å². The molecular formula is C17H13Cl2F3N4O2S. The van der Waals surface area contributed by atoms with Gasteiger partial charge in [-0.3, -0.25) is 4.79 Å². The van der Waals surface area contributed by atoms with Crippen LogP contribution in [0.3, 0.4) is 0 Å². The predicted molar refractivity (Wildman–Crippen MR) is 104 cm³/mol. The topological polar surface area (TPSA) is 68.5 Å². The summed E-state index contributed by atoms with van der Waals surface area (Å²) >= 11 is 13.5. The molecular weight excluding hydrogens is 452 g/mol. The van der Waals surface area contributed by atoms with Gasteiger partial charge in [-0.2, -0.15) is 30.0 Å². The van der Waals surface area contributed by atoms with Crippen molar-refractivity contribution in [2.24, 2.45) is 5.16 Å². The molecule has 0 bridgehead atoms. The van der Waals surface area contributed by atoms with E-state index >= 15 is 0 Å². The van der Waals surface area contributed by atoms with Crippen LogP contribution in [-0.2, 0) is 10.4 Å². The maximum atomic E-state index is 14.0. The van der Waals surface area contributed by atoms with E-state index in [1.54, 1.807) is 11.8 Å². The summed E-state index contributed by atoms with van der Waals surface area (Å²) in [6.45, 7) is 0. The maximum Gasteiger partial charge on any atom is 0.435 e. The number of amides is 1. The molecule has 29 heavy (non-hydrogen) atoms. The van der Waals surface area contributed by atoms with Crippen LogP contribution in [0.15, 0.2) is 35.7 Å². The van der Waals surface area contributed by atoms with Crippen molar-refractivity contribution >= 4 is 46.7 Å². The number of carbonyl (C=O) groups excluding carboxylic acids is 1. The number of rotatable bonds is 3. The van der Waals surface area contributed by atoms with Gasteiger partial charge in [0.1, 0.15) is 0 Å². The summed E-state index contributed by atoms with van der Waals surface area (Å²) in [7, 11) is 0. The fourth-order valence-corrected chi connectivity index (χ4v) is 4.13. The number of hydrogen-bond acceptors (Lipinski definition) is 5. The number of benzene rings is 1. The Kier molecular flexibility index (Phi) is 5.20. The van der Waals surface area contributed by atoms with Crippen molar-refractivity contribution in [1.82, 2.24) is 15.1 Å². The molecule has 6 nitrogen and oxygen atoms in total. The molecule has 0 spiro atoms. The van der Waals surface area contributed by atoms with Gasteiger partial charge in [0, 0.05) is 39.4 Å². The van der Waals surface area contributed by atoms with E-state index in [1.165, 1.54) is 18.5 Å². The van der Waals surface area contributed by atoms with Crippen LogP contribution in [0, 0.1) is 0 Å². The summed E-state index contributed by atoms with van der Waals surface area (Å²) in [5.41, 5.74) is -2.80. The Labute approximate surface area is 177 Å². The SMILES string of the molecule is O=C(NC1CSC1)c1cnn(C2=NOC(c3cc(Cl)cc(Cl)c3)(C(F)(F)F)C2)c1. The van der Waals surface area contributed by atoms with E-state index < -0.39 is 18.2 Å². The van der Waals surface area contributed by atoms with Crippen molar-refractivity contribution in [2.45, 2.75) is 24.2 Å². The lowest BCUT2D eigenvalue weighted by molar-refractivity contribution is -0.275. The van der Waals surface area contributed by atoms with Gasteiger partial charge in [0.25, 0.3) is 11.5 Å². The average Bonchev–Trinajstić information content (AvgIpc) is 3.24. The molecule has 2 aromatic rings. The van der Waals surface area contributed by atoms with Crippen LogP contribution in [0.4, 0.5) is 13.2 Å². The molecule has 0 aliphatic carbocycles. The molecule has 0 saturated carbocycles. The van der Waals surface area contributed by atoms with Crippen molar-refractivity contribution < 1.29 is 22.8 Å². The molecule has 1 N–H and O–H groups in total. The van der Waals surface area contributed by atoms with Gasteiger partial charge < -0.3 is 10.2 Å². The lowest BCUT2D eigenvalue weighted by atomic mass is 9.89. The van der Waals surface area contributed by atoms with E-state index in [4.69, 9.17) is 28.0 Å². The van der Waals surface area contributed by atoms with E-state index in [9.17, 15) is 18.0 Å². The summed E-state index contributed by atoms with van der Waals surface area (Å²) in [6.07, 6.45) is -2.87. The summed E-state index contributed by atoms with van der Waals surface area (Å²) in [5.74, 6) is 1.22. The highest BCUT2D eigenvalue weighted by Gasteiger charge is 2.62. The number of nitrogens with zero attached hydrogens (tertiary/aromatic N) is 3. The highest BCUT2D eigenvalue weighted by atomic mass is 35.5. The fraction of sp³-hybridized carbons (Fsp3) is 0.353. The van der Waals surface area contributed by atoms with Gasteiger partial charge in [-0.05, 0) is 18.2 Å². The van der Waals surface area contributed by atoms with E-state index in [1.807, 2.05) is 0 Å². The van der Waals surface area contributed by atoms with Crippen LogP contribution in [0.25, 0.3) is 0 Å². The molecule has 1 atom stereocenters. The smallest absolute Gasteiger partial charge is 0.372 e. The van der Waals surface area contributed by atoms with E-state index in [2.05, 4.69) is 15.6 Å². The minimum atomic E-state index is -4.80.